The number of rotatable bonds is 23. The maximum atomic E-state index is 12.5. The van der Waals surface area contributed by atoms with Gasteiger partial charge in [0.25, 0.3) is 0 Å². The summed E-state index contributed by atoms with van der Waals surface area (Å²) < 4.78 is 16.0. The number of hydrogen-bond donors (Lipinski definition) is 2. The average Bonchev–Trinajstić information content (AvgIpc) is 3.99. The van der Waals surface area contributed by atoms with Gasteiger partial charge in [0.15, 0.2) is 23.8 Å². The van der Waals surface area contributed by atoms with Crippen LogP contribution < -0.4 is 11.0 Å². The maximum Gasteiger partial charge on any atom is 0.360 e. The molecule has 61 heavy (non-hydrogen) atoms. The highest BCUT2D eigenvalue weighted by atomic mass is 16.7. The van der Waals surface area contributed by atoms with Gasteiger partial charge in [-0.05, 0) is 42.7 Å². The lowest BCUT2D eigenvalue weighted by Gasteiger charge is -2.22. The zero-order valence-electron chi connectivity index (χ0n) is 35.7. The number of ether oxygens (including phenoxy) is 1. The molecule has 0 aliphatic heterocycles. The quantitative estimate of drug-likeness (QED) is 0.0413. The minimum Gasteiger partial charge on any atom is -0.461 e. The molecule has 2 saturated carbocycles. The first-order chi connectivity index (χ1) is 29.9. The van der Waals surface area contributed by atoms with E-state index in [2.05, 4.69) is 20.9 Å². The van der Waals surface area contributed by atoms with Crippen molar-refractivity contribution in [2.75, 3.05) is 6.61 Å². The minimum atomic E-state index is -0.515. The topological polar surface area (TPSA) is 172 Å². The third-order valence-corrected chi connectivity index (χ3v) is 11.5. The largest absolute Gasteiger partial charge is 0.461 e. The Morgan fingerprint density at radius 2 is 1.16 bits per heavy atom. The van der Waals surface area contributed by atoms with Crippen molar-refractivity contribution in [2.24, 2.45) is 11.8 Å². The number of amides is 2. The van der Waals surface area contributed by atoms with Gasteiger partial charge in [0, 0.05) is 24.7 Å². The molecule has 13 nitrogen and oxygen atoms in total. The van der Waals surface area contributed by atoms with Gasteiger partial charge < -0.3 is 13.6 Å². The molecular weight excluding hydrogens is 777 g/mol. The van der Waals surface area contributed by atoms with Crippen molar-refractivity contribution >= 4 is 24.1 Å². The van der Waals surface area contributed by atoms with Crippen LogP contribution in [0.2, 0.25) is 0 Å². The fraction of sp³-hybridized carbons (Fsp3) is 0.542. The number of aromatic nitrogens is 2. The monoisotopic (exact) mass is 840 g/mol. The van der Waals surface area contributed by atoms with Gasteiger partial charge in [-0.3, -0.25) is 24.1 Å². The fourth-order valence-electron chi connectivity index (χ4n) is 8.28. The van der Waals surface area contributed by atoms with Gasteiger partial charge in [-0.2, -0.15) is 0 Å². The van der Waals surface area contributed by atoms with Crippen molar-refractivity contribution in [3.05, 3.63) is 107 Å². The standard InChI is InChI=1S/C25H34N2O5.C23H30N2O4/c1-2-30-25(29)22-18-31-24(26-22)21(15-9-14-19-10-5-3-6-11-19)16-23(28)27-32-17-20-12-7-4-8-13-20;26-15-21-17-28-23(24-21)20(13-7-12-18-8-3-1-4-9-18)14-22(27)25-29-16-19-10-5-2-6-11-19/h4,7-8,12-13,18-19,21H,2-3,5-6,9-11,14-17H2,1H3,(H,27,28);2,5-6,10-11,15,17-18,20H,1,3-4,7-9,12-14,16H2,(H,25,27)/t21-;20-/m11/s1. The Balaban J connectivity index is 0.000000232. The van der Waals surface area contributed by atoms with Crippen molar-refractivity contribution in [1.29, 1.82) is 0 Å². The third-order valence-electron chi connectivity index (χ3n) is 11.5. The molecule has 2 N–H and O–H groups in total. The summed E-state index contributed by atoms with van der Waals surface area (Å²) in [6.07, 6.45) is 22.8. The van der Waals surface area contributed by atoms with E-state index < -0.39 is 5.97 Å². The molecule has 0 bridgehead atoms. The van der Waals surface area contributed by atoms with E-state index in [1.165, 1.54) is 83.2 Å². The number of hydrogen-bond acceptors (Lipinski definition) is 11. The van der Waals surface area contributed by atoms with Gasteiger partial charge in [0.1, 0.15) is 18.2 Å². The summed E-state index contributed by atoms with van der Waals surface area (Å²) >= 11 is 0. The van der Waals surface area contributed by atoms with E-state index >= 15 is 0 Å². The summed E-state index contributed by atoms with van der Waals surface area (Å²) in [5.41, 5.74) is 7.40. The van der Waals surface area contributed by atoms with Gasteiger partial charge >= 0.3 is 5.97 Å². The number of benzene rings is 2. The average molecular weight is 841 g/mol. The molecule has 2 aromatic heterocycles. The van der Waals surface area contributed by atoms with Crippen LogP contribution in [0.4, 0.5) is 0 Å². The molecule has 2 fully saturated rings. The van der Waals surface area contributed by atoms with E-state index in [0.29, 0.717) is 31.3 Å². The van der Waals surface area contributed by atoms with Gasteiger partial charge in [-0.25, -0.2) is 25.7 Å². The Bertz CT molecular complexity index is 1850. The number of oxazole rings is 2. The summed E-state index contributed by atoms with van der Waals surface area (Å²) in [5.74, 6) is 1.07. The molecule has 2 aliphatic rings. The zero-order valence-corrected chi connectivity index (χ0v) is 35.7. The maximum absolute atomic E-state index is 12.5. The number of carbonyl (C=O) groups excluding carboxylic acids is 4. The van der Waals surface area contributed by atoms with Crippen LogP contribution in [0.15, 0.2) is 82.0 Å². The van der Waals surface area contributed by atoms with Crippen LogP contribution >= 0.6 is 0 Å². The Kier molecular flexibility index (Phi) is 20.7. The lowest BCUT2D eigenvalue weighted by Crippen LogP contribution is -2.25. The molecule has 2 heterocycles. The predicted molar refractivity (Wildman–Crippen MR) is 229 cm³/mol. The Morgan fingerprint density at radius 1 is 0.689 bits per heavy atom. The van der Waals surface area contributed by atoms with E-state index in [1.54, 1.807) is 6.92 Å². The molecule has 13 heteroatoms. The number of hydroxylamine groups is 2. The van der Waals surface area contributed by atoms with Crippen molar-refractivity contribution in [3.63, 3.8) is 0 Å². The highest BCUT2D eigenvalue weighted by Crippen LogP contribution is 2.33. The van der Waals surface area contributed by atoms with E-state index in [-0.39, 0.29) is 54.5 Å². The lowest BCUT2D eigenvalue weighted by molar-refractivity contribution is -0.135. The first-order valence-electron chi connectivity index (χ1n) is 22.3. The SMILES string of the molecule is CCOC(=O)c1coc([C@H](CCCC2CCCCC2)CC(=O)NOCc2ccccc2)n1.O=Cc1coc([C@H](CCCC2CCCCC2)CC(=O)NOCc2ccccc2)n1. The molecule has 2 aliphatic carbocycles. The Hall–Kier alpha value is -5.14. The highest BCUT2D eigenvalue weighted by molar-refractivity contribution is 5.86. The number of aldehydes is 1. The molecule has 330 valence electrons. The zero-order chi connectivity index (χ0) is 42.9. The smallest absolute Gasteiger partial charge is 0.360 e. The first-order valence-corrected chi connectivity index (χ1v) is 22.3. The molecule has 2 atom stereocenters. The summed E-state index contributed by atoms with van der Waals surface area (Å²) in [6.45, 7) is 2.62. The van der Waals surface area contributed by atoms with E-state index in [1.807, 2.05) is 60.7 Å². The van der Waals surface area contributed by atoms with Crippen LogP contribution in [-0.4, -0.2) is 40.6 Å². The molecule has 6 rings (SSSR count). The summed E-state index contributed by atoms with van der Waals surface area (Å²) in [6, 6.07) is 19.3. The van der Waals surface area contributed by atoms with Gasteiger partial charge in [-0.15, -0.1) is 0 Å². The van der Waals surface area contributed by atoms with Crippen molar-refractivity contribution in [3.8, 4) is 0 Å². The summed E-state index contributed by atoms with van der Waals surface area (Å²) in [5, 5.41) is 0. The van der Waals surface area contributed by atoms with Crippen LogP contribution in [0.5, 0.6) is 0 Å². The third kappa shape index (κ3) is 17.4. The molecule has 0 radical (unpaired) electrons. The lowest BCUT2D eigenvalue weighted by atomic mass is 9.84. The predicted octanol–water partition coefficient (Wildman–Crippen LogP) is 10.3. The first kappa shape index (κ1) is 46.9. The van der Waals surface area contributed by atoms with E-state index in [9.17, 15) is 19.2 Å². The number of esters is 1. The Morgan fingerprint density at radius 3 is 1.62 bits per heavy atom. The molecule has 4 aromatic rings. The Labute approximate surface area is 360 Å². The number of nitrogens with zero attached hydrogens (tertiary/aromatic N) is 2. The highest BCUT2D eigenvalue weighted by Gasteiger charge is 2.25. The van der Waals surface area contributed by atoms with Crippen molar-refractivity contribution in [2.45, 2.75) is 148 Å². The van der Waals surface area contributed by atoms with E-state index in [0.717, 1.165) is 55.1 Å². The van der Waals surface area contributed by atoms with Gasteiger partial charge in [0.2, 0.25) is 11.8 Å². The second-order valence-corrected chi connectivity index (χ2v) is 16.3. The number of nitrogens with one attached hydrogen (secondary N) is 2. The molecule has 0 saturated heterocycles. The number of carbonyl (C=O) groups is 4. The summed E-state index contributed by atoms with van der Waals surface area (Å²) in [7, 11) is 0. The van der Waals surface area contributed by atoms with Gasteiger partial charge in [-0.1, -0.05) is 151 Å². The normalized spacial score (nSPS) is 15.5. The molecule has 0 unspecified atom stereocenters. The summed E-state index contributed by atoms with van der Waals surface area (Å²) in [4.78, 5) is 67.0. The second-order valence-electron chi connectivity index (χ2n) is 16.3. The molecule has 2 aromatic carbocycles. The van der Waals surface area contributed by atoms with Gasteiger partial charge in [0.05, 0.1) is 19.8 Å². The van der Waals surface area contributed by atoms with Crippen molar-refractivity contribution in [1.82, 2.24) is 20.9 Å². The van der Waals surface area contributed by atoms with Crippen LogP contribution in [0.25, 0.3) is 0 Å². The second kappa shape index (κ2) is 26.9. The van der Waals surface area contributed by atoms with Crippen LogP contribution in [0.3, 0.4) is 0 Å². The van der Waals surface area contributed by atoms with Crippen LogP contribution in [0.1, 0.15) is 178 Å². The molecule has 0 spiro atoms. The molecule has 2 amide bonds. The van der Waals surface area contributed by atoms with Crippen molar-refractivity contribution < 1.29 is 42.4 Å². The molecular formula is C48H64N4O9. The van der Waals surface area contributed by atoms with Crippen LogP contribution in [0, 0.1) is 11.8 Å². The van der Waals surface area contributed by atoms with Crippen LogP contribution in [-0.2, 0) is 37.2 Å². The fourth-order valence-corrected chi connectivity index (χ4v) is 8.28. The minimum absolute atomic E-state index is 0.139. The van der Waals surface area contributed by atoms with E-state index in [4.69, 9.17) is 23.2 Å².